The van der Waals surface area contributed by atoms with Gasteiger partial charge in [0.2, 0.25) is 0 Å². The molecule has 1 aromatic carbocycles. The summed E-state index contributed by atoms with van der Waals surface area (Å²) < 4.78 is 0. The number of aliphatic imine (C=N–C) groups is 1. The fourth-order valence-corrected chi connectivity index (χ4v) is 0.952. The largest absolute Gasteiger partial charge is 0.394 e. The third-order valence-electron chi connectivity index (χ3n) is 1.65. The second kappa shape index (κ2) is 4.67. The predicted molar refractivity (Wildman–Crippen MR) is 50.7 cm³/mol. The molecule has 0 saturated carbocycles. The second-order valence-electron chi connectivity index (χ2n) is 2.62. The Morgan fingerprint density at radius 1 is 1.42 bits per heavy atom. The van der Waals surface area contributed by atoms with Gasteiger partial charge in [0.1, 0.15) is 0 Å². The minimum atomic E-state index is 0.113. The molecular weight excluding hydrogens is 150 g/mol. The zero-order chi connectivity index (χ0) is 8.81. The molecule has 0 aliphatic rings. The molecule has 0 aliphatic heterocycles. The maximum Gasteiger partial charge on any atom is 0.0626 e. The number of hydrogen-bond acceptors (Lipinski definition) is 2. The van der Waals surface area contributed by atoms with Crippen LogP contribution in [0.5, 0.6) is 0 Å². The standard InChI is InChI=1S/C10H13NO/c1-9-4-2-3-5-10(9)8-11-6-7-12/h2-5,8,12H,6-7H2,1H3/b11-8+. The summed E-state index contributed by atoms with van der Waals surface area (Å²) in [5.74, 6) is 0. The van der Waals surface area contributed by atoms with Crippen LogP contribution >= 0.6 is 0 Å². The van der Waals surface area contributed by atoms with Gasteiger partial charge in [0.15, 0.2) is 0 Å². The molecule has 0 aliphatic carbocycles. The number of aliphatic hydroxyl groups is 1. The van der Waals surface area contributed by atoms with E-state index in [2.05, 4.69) is 4.99 Å². The van der Waals surface area contributed by atoms with Gasteiger partial charge in [-0.15, -0.1) is 0 Å². The Balaban J connectivity index is 2.68. The molecule has 1 aromatic rings. The smallest absolute Gasteiger partial charge is 0.0626 e. The summed E-state index contributed by atoms with van der Waals surface area (Å²) >= 11 is 0. The quantitative estimate of drug-likeness (QED) is 0.671. The van der Waals surface area contributed by atoms with Crippen LogP contribution in [-0.4, -0.2) is 24.5 Å². The molecule has 0 saturated heterocycles. The molecule has 0 atom stereocenters. The molecule has 0 bridgehead atoms. The molecule has 0 radical (unpaired) electrons. The fourth-order valence-electron chi connectivity index (χ4n) is 0.952. The summed E-state index contributed by atoms with van der Waals surface area (Å²) in [5, 5.41) is 8.50. The third kappa shape index (κ3) is 2.47. The van der Waals surface area contributed by atoms with Crippen LogP contribution < -0.4 is 0 Å². The zero-order valence-corrected chi connectivity index (χ0v) is 7.20. The van der Waals surface area contributed by atoms with Gasteiger partial charge in [-0.05, 0) is 18.1 Å². The van der Waals surface area contributed by atoms with Crippen molar-refractivity contribution in [1.29, 1.82) is 0 Å². The summed E-state index contributed by atoms with van der Waals surface area (Å²) in [6, 6.07) is 8.03. The first-order valence-corrected chi connectivity index (χ1v) is 4.01. The summed E-state index contributed by atoms with van der Waals surface area (Å²) in [4.78, 5) is 4.05. The number of nitrogens with zero attached hydrogens (tertiary/aromatic N) is 1. The third-order valence-corrected chi connectivity index (χ3v) is 1.65. The van der Waals surface area contributed by atoms with Crippen molar-refractivity contribution in [2.24, 2.45) is 4.99 Å². The normalized spacial score (nSPS) is 10.8. The van der Waals surface area contributed by atoms with Crippen LogP contribution in [-0.2, 0) is 0 Å². The van der Waals surface area contributed by atoms with Gasteiger partial charge < -0.3 is 5.11 Å². The van der Waals surface area contributed by atoms with E-state index >= 15 is 0 Å². The minimum Gasteiger partial charge on any atom is -0.394 e. The van der Waals surface area contributed by atoms with Crippen molar-refractivity contribution >= 4 is 6.21 Å². The molecule has 0 fully saturated rings. The average Bonchev–Trinajstić information content (AvgIpc) is 2.09. The van der Waals surface area contributed by atoms with Crippen LogP contribution in [0.25, 0.3) is 0 Å². The van der Waals surface area contributed by atoms with E-state index in [-0.39, 0.29) is 6.61 Å². The van der Waals surface area contributed by atoms with E-state index in [4.69, 9.17) is 5.11 Å². The first kappa shape index (κ1) is 8.94. The fraction of sp³-hybridized carbons (Fsp3) is 0.300. The van der Waals surface area contributed by atoms with Crippen LogP contribution in [0.15, 0.2) is 29.3 Å². The Hall–Kier alpha value is -1.15. The number of hydrogen-bond donors (Lipinski definition) is 1. The number of aryl methyl sites for hydroxylation is 1. The van der Waals surface area contributed by atoms with Crippen LogP contribution in [0.4, 0.5) is 0 Å². The molecule has 1 rings (SSSR count). The highest BCUT2D eigenvalue weighted by molar-refractivity contribution is 5.81. The van der Waals surface area contributed by atoms with Crippen molar-refractivity contribution in [3.8, 4) is 0 Å². The van der Waals surface area contributed by atoms with Gasteiger partial charge in [-0.25, -0.2) is 0 Å². The van der Waals surface area contributed by atoms with Crippen molar-refractivity contribution < 1.29 is 5.11 Å². The molecule has 64 valence electrons. The molecule has 2 nitrogen and oxygen atoms in total. The Kier molecular flexibility index (Phi) is 3.48. The van der Waals surface area contributed by atoms with Crippen LogP contribution in [0, 0.1) is 6.92 Å². The topological polar surface area (TPSA) is 32.6 Å². The number of rotatable bonds is 3. The molecular formula is C10H13NO. The predicted octanol–water partition coefficient (Wildman–Crippen LogP) is 1.41. The van der Waals surface area contributed by atoms with E-state index in [0.717, 1.165) is 5.56 Å². The van der Waals surface area contributed by atoms with Gasteiger partial charge in [0.25, 0.3) is 0 Å². The summed E-state index contributed by atoms with van der Waals surface area (Å²) in [6.45, 7) is 2.64. The van der Waals surface area contributed by atoms with Crippen molar-refractivity contribution in [3.63, 3.8) is 0 Å². The van der Waals surface area contributed by atoms with Gasteiger partial charge in [-0.1, -0.05) is 24.3 Å². The van der Waals surface area contributed by atoms with Gasteiger partial charge in [-0.2, -0.15) is 0 Å². The van der Waals surface area contributed by atoms with Crippen molar-refractivity contribution in [1.82, 2.24) is 0 Å². The van der Waals surface area contributed by atoms with E-state index in [0.29, 0.717) is 6.54 Å². The Morgan fingerprint density at radius 2 is 2.17 bits per heavy atom. The van der Waals surface area contributed by atoms with E-state index in [1.165, 1.54) is 5.56 Å². The lowest BCUT2D eigenvalue weighted by Crippen LogP contribution is -1.90. The van der Waals surface area contributed by atoms with Gasteiger partial charge in [0, 0.05) is 6.21 Å². The monoisotopic (exact) mass is 163 g/mol. The zero-order valence-electron chi connectivity index (χ0n) is 7.20. The van der Waals surface area contributed by atoms with Crippen molar-refractivity contribution in [2.45, 2.75) is 6.92 Å². The number of aliphatic hydroxyl groups excluding tert-OH is 1. The molecule has 12 heavy (non-hydrogen) atoms. The summed E-state index contributed by atoms with van der Waals surface area (Å²) in [5.41, 5.74) is 2.32. The Bertz CT molecular complexity index is 268. The molecule has 0 unspecified atom stereocenters. The maximum absolute atomic E-state index is 8.50. The Labute approximate surface area is 72.6 Å². The van der Waals surface area contributed by atoms with E-state index in [1.54, 1.807) is 6.21 Å². The molecule has 0 aromatic heterocycles. The lowest BCUT2D eigenvalue weighted by molar-refractivity contribution is 0.307. The minimum absolute atomic E-state index is 0.113. The lowest BCUT2D eigenvalue weighted by atomic mass is 10.1. The van der Waals surface area contributed by atoms with Crippen molar-refractivity contribution in [2.75, 3.05) is 13.2 Å². The highest BCUT2D eigenvalue weighted by Gasteiger charge is 1.90. The van der Waals surface area contributed by atoms with Crippen LogP contribution in [0.1, 0.15) is 11.1 Å². The molecule has 0 amide bonds. The van der Waals surface area contributed by atoms with E-state index in [1.807, 2.05) is 31.2 Å². The highest BCUT2D eigenvalue weighted by Crippen LogP contribution is 2.03. The summed E-state index contributed by atoms with van der Waals surface area (Å²) in [6.07, 6.45) is 1.80. The first-order valence-electron chi connectivity index (χ1n) is 4.01. The second-order valence-corrected chi connectivity index (χ2v) is 2.62. The SMILES string of the molecule is Cc1ccccc1/C=N/CCO. The first-order chi connectivity index (χ1) is 5.84. The van der Waals surface area contributed by atoms with Gasteiger partial charge in [0.05, 0.1) is 13.2 Å². The number of benzene rings is 1. The molecule has 0 heterocycles. The summed E-state index contributed by atoms with van der Waals surface area (Å²) in [7, 11) is 0. The average molecular weight is 163 g/mol. The van der Waals surface area contributed by atoms with Gasteiger partial charge in [-0.3, -0.25) is 4.99 Å². The highest BCUT2D eigenvalue weighted by atomic mass is 16.3. The van der Waals surface area contributed by atoms with Gasteiger partial charge >= 0.3 is 0 Å². The van der Waals surface area contributed by atoms with Crippen LogP contribution in [0.3, 0.4) is 0 Å². The lowest BCUT2D eigenvalue weighted by Gasteiger charge is -1.96. The van der Waals surface area contributed by atoms with E-state index in [9.17, 15) is 0 Å². The van der Waals surface area contributed by atoms with Crippen LogP contribution in [0.2, 0.25) is 0 Å². The molecule has 1 N–H and O–H groups in total. The molecule has 2 heteroatoms. The van der Waals surface area contributed by atoms with E-state index < -0.39 is 0 Å². The Morgan fingerprint density at radius 3 is 2.83 bits per heavy atom. The maximum atomic E-state index is 8.50. The van der Waals surface area contributed by atoms with Crippen molar-refractivity contribution in [3.05, 3.63) is 35.4 Å². The molecule has 0 spiro atoms.